The maximum Gasteiger partial charge on any atom is 0.252 e. The molecule has 5 nitrogen and oxygen atoms in total. The van der Waals surface area contributed by atoms with Crippen molar-refractivity contribution >= 4 is 45.2 Å². The number of nitrogens with zero attached hydrogens (tertiary/aromatic N) is 2. The van der Waals surface area contributed by atoms with Crippen LogP contribution in [0.5, 0.6) is 0 Å². The number of aromatic nitrogens is 2. The van der Waals surface area contributed by atoms with E-state index in [-0.39, 0.29) is 5.91 Å². The minimum absolute atomic E-state index is 0.132. The second-order valence-electron chi connectivity index (χ2n) is 6.61. The quantitative estimate of drug-likeness (QED) is 0.308. The zero-order valence-corrected chi connectivity index (χ0v) is 16.6. The van der Waals surface area contributed by atoms with Crippen LogP contribution < -0.4 is 10.0 Å². The molecule has 1 amide bonds. The van der Waals surface area contributed by atoms with Gasteiger partial charge in [-0.15, -0.1) is 0 Å². The zero-order chi connectivity index (χ0) is 19.7. The van der Waals surface area contributed by atoms with Gasteiger partial charge in [-0.2, -0.15) is 4.73 Å². The Morgan fingerprint density at radius 2 is 1.86 bits per heavy atom. The molecule has 1 unspecified atom stereocenters. The Bertz CT molecular complexity index is 1170. The lowest BCUT2D eigenvalue weighted by molar-refractivity contribution is -0.645. The van der Waals surface area contributed by atoms with Gasteiger partial charge in [-0.3, -0.25) is 4.79 Å². The summed E-state index contributed by atoms with van der Waals surface area (Å²) in [6.45, 7) is 4.82. The Morgan fingerprint density at radius 1 is 1.11 bits per heavy atom. The first-order chi connectivity index (χ1) is 13.6. The molecule has 2 aromatic carbocycles. The number of hydrogen-bond donors (Lipinski definition) is 1. The van der Waals surface area contributed by atoms with E-state index < -0.39 is 5.25 Å². The van der Waals surface area contributed by atoms with Crippen molar-refractivity contribution in [3.63, 3.8) is 0 Å². The van der Waals surface area contributed by atoms with Gasteiger partial charge >= 0.3 is 0 Å². The number of hydrogen-bond acceptors (Lipinski definition) is 3. The van der Waals surface area contributed by atoms with E-state index in [2.05, 4.69) is 35.0 Å². The average Bonchev–Trinajstić information content (AvgIpc) is 3.02. The Hall–Kier alpha value is -2.99. The molecule has 0 saturated carbocycles. The number of aryl methyl sites for hydroxylation is 1. The molecule has 1 N–H and O–H groups in total. The largest absolute Gasteiger partial charge is 0.618 e. The molecule has 0 radical (unpaired) electrons. The summed E-state index contributed by atoms with van der Waals surface area (Å²) in [5, 5.41) is 17.2. The molecule has 0 aliphatic carbocycles. The average molecular weight is 391 g/mol. The van der Waals surface area contributed by atoms with Gasteiger partial charge in [0.1, 0.15) is 0 Å². The highest BCUT2D eigenvalue weighted by Crippen LogP contribution is 2.31. The number of nitrogens with one attached hydrogen (secondary N) is 1. The maximum atomic E-state index is 12.6. The van der Waals surface area contributed by atoms with Crippen molar-refractivity contribution in [3.8, 4) is 0 Å². The standard InChI is InChI=1S/C22H21N3O2S/c1-3-24-19-9-5-4-8-17(19)18-14-16(11-12-20(18)24)23-22(26)15(2)28-21-10-6-7-13-25(21)27/h4-15H,3H2,1-2H3,(H,23,26). The summed E-state index contributed by atoms with van der Waals surface area (Å²) in [6.07, 6.45) is 1.43. The fraction of sp³-hybridized carbons (Fsp3) is 0.182. The first kappa shape index (κ1) is 18.4. The number of benzene rings is 2. The van der Waals surface area contributed by atoms with Gasteiger partial charge in [-0.25, -0.2) is 0 Å². The van der Waals surface area contributed by atoms with Crippen LogP contribution in [0.1, 0.15) is 13.8 Å². The minimum atomic E-state index is -0.393. The van der Waals surface area contributed by atoms with E-state index in [9.17, 15) is 10.0 Å². The topological polar surface area (TPSA) is 61.0 Å². The highest BCUT2D eigenvalue weighted by Gasteiger charge is 2.19. The number of carbonyl (C=O) groups is 1. The number of pyridine rings is 1. The Labute approximate surface area is 167 Å². The maximum absolute atomic E-state index is 12.6. The molecule has 0 spiro atoms. The molecule has 0 aliphatic heterocycles. The summed E-state index contributed by atoms with van der Waals surface area (Å²) in [5.41, 5.74) is 3.10. The number of fused-ring (bicyclic) bond motifs is 3. The molecule has 0 bridgehead atoms. The van der Waals surface area contributed by atoms with Gasteiger partial charge < -0.3 is 15.1 Å². The van der Waals surface area contributed by atoms with E-state index in [1.165, 1.54) is 28.9 Å². The second-order valence-corrected chi connectivity index (χ2v) is 7.97. The smallest absolute Gasteiger partial charge is 0.252 e. The SMILES string of the molecule is CCn1c2ccccc2c2cc(NC(=O)C(C)Sc3cccc[n+]3[O-])ccc21. The highest BCUT2D eigenvalue weighted by atomic mass is 32.2. The van der Waals surface area contributed by atoms with Gasteiger partial charge in [0.05, 0.1) is 5.25 Å². The van der Waals surface area contributed by atoms with Crippen LogP contribution in [0.2, 0.25) is 0 Å². The molecule has 0 aliphatic rings. The van der Waals surface area contributed by atoms with Crippen LogP contribution in [-0.2, 0) is 11.3 Å². The van der Waals surface area contributed by atoms with Crippen molar-refractivity contribution in [2.75, 3.05) is 5.32 Å². The van der Waals surface area contributed by atoms with E-state index >= 15 is 0 Å². The molecule has 2 heterocycles. The van der Waals surface area contributed by atoms with Crippen molar-refractivity contribution in [1.82, 2.24) is 4.57 Å². The summed E-state index contributed by atoms with van der Waals surface area (Å²) >= 11 is 1.25. The first-order valence-corrected chi connectivity index (χ1v) is 10.1. The molecule has 0 fully saturated rings. The third-order valence-electron chi connectivity index (χ3n) is 4.81. The number of para-hydroxylation sites is 1. The van der Waals surface area contributed by atoms with Gasteiger partial charge in [-0.05, 0) is 55.9 Å². The summed E-state index contributed by atoms with van der Waals surface area (Å²) in [7, 11) is 0. The Kier molecular flexibility index (Phi) is 4.96. The van der Waals surface area contributed by atoms with E-state index in [4.69, 9.17) is 0 Å². The van der Waals surface area contributed by atoms with Crippen LogP contribution in [0.3, 0.4) is 0 Å². The van der Waals surface area contributed by atoms with Gasteiger partial charge in [-0.1, -0.05) is 18.2 Å². The molecule has 28 heavy (non-hydrogen) atoms. The third-order valence-corrected chi connectivity index (χ3v) is 5.94. The van der Waals surface area contributed by atoms with Crippen LogP contribution in [0, 0.1) is 5.21 Å². The van der Waals surface area contributed by atoms with Gasteiger partial charge in [0.15, 0.2) is 6.20 Å². The van der Waals surface area contributed by atoms with E-state index in [1.807, 2.05) is 24.3 Å². The van der Waals surface area contributed by atoms with Crippen LogP contribution in [0.15, 0.2) is 71.9 Å². The number of carbonyl (C=O) groups excluding carboxylic acids is 1. The van der Waals surface area contributed by atoms with E-state index in [0.29, 0.717) is 5.03 Å². The number of amides is 1. The predicted octanol–water partition coefficient (Wildman–Crippen LogP) is 4.57. The molecule has 2 aromatic heterocycles. The zero-order valence-electron chi connectivity index (χ0n) is 15.8. The molecular weight excluding hydrogens is 370 g/mol. The monoisotopic (exact) mass is 391 g/mol. The summed E-state index contributed by atoms with van der Waals surface area (Å²) in [5.74, 6) is -0.132. The lowest BCUT2D eigenvalue weighted by atomic mass is 10.1. The fourth-order valence-corrected chi connectivity index (χ4v) is 4.30. The molecule has 1 atom stereocenters. The first-order valence-electron chi connectivity index (χ1n) is 9.25. The van der Waals surface area contributed by atoms with Gasteiger partial charge in [0, 0.05) is 46.2 Å². The summed E-state index contributed by atoms with van der Waals surface area (Å²) in [6, 6.07) is 19.5. The summed E-state index contributed by atoms with van der Waals surface area (Å²) in [4.78, 5) is 12.6. The van der Waals surface area contributed by atoms with Crippen LogP contribution in [0.25, 0.3) is 21.8 Å². The van der Waals surface area contributed by atoms with Crippen LogP contribution in [-0.4, -0.2) is 15.7 Å². The van der Waals surface area contributed by atoms with E-state index in [1.54, 1.807) is 25.1 Å². The van der Waals surface area contributed by atoms with Crippen LogP contribution >= 0.6 is 11.8 Å². The Morgan fingerprint density at radius 3 is 2.64 bits per heavy atom. The van der Waals surface area contributed by atoms with Crippen molar-refractivity contribution in [3.05, 3.63) is 72.1 Å². The molecular formula is C22H21N3O2S. The number of anilines is 1. The molecule has 142 valence electrons. The Balaban J connectivity index is 1.60. The van der Waals surface area contributed by atoms with Crippen LogP contribution in [0.4, 0.5) is 5.69 Å². The second kappa shape index (κ2) is 7.56. The van der Waals surface area contributed by atoms with Gasteiger partial charge in [0.2, 0.25) is 5.91 Å². The van der Waals surface area contributed by atoms with E-state index in [0.717, 1.165) is 27.9 Å². The molecule has 4 rings (SSSR count). The minimum Gasteiger partial charge on any atom is -0.618 e. The highest BCUT2D eigenvalue weighted by molar-refractivity contribution is 8.00. The molecule has 6 heteroatoms. The third kappa shape index (κ3) is 3.31. The lowest BCUT2D eigenvalue weighted by Crippen LogP contribution is -2.30. The fourth-order valence-electron chi connectivity index (χ4n) is 3.45. The van der Waals surface area contributed by atoms with Crippen molar-refractivity contribution < 1.29 is 9.52 Å². The number of rotatable bonds is 5. The summed E-state index contributed by atoms with van der Waals surface area (Å²) < 4.78 is 3.05. The van der Waals surface area contributed by atoms with Crippen molar-refractivity contribution in [2.24, 2.45) is 0 Å². The van der Waals surface area contributed by atoms with Gasteiger partial charge in [0.25, 0.3) is 5.03 Å². The van der Waals surface area contributed by atoms with Crippen molar-refractivity contribution in [2.45, 2.75) is 30.7 Å². The molecule has 0 saturated heterocycles. The van der Waals surface area contributed by atoms with Crippen molar-refractivity contribution in [1.29, 1.82) is 0 Å². The predicted molar refractivity (Wildman–Crippen MR) is 114 cm³/mol. The normalized spacial score (nSPS) is 12.4. The molecule has 4 aromatic rings. The lowest BCUT2D eigenvalue weighted by Gasteiger charge is -2.12. The number of thioether (sulfide) groups is 1.